The van der Waals surface area contributed by atoms with Gasteiger partial charge in [0.15, 0.2) is 0 Å². The fourth-order valence-corrected chi connectivity index (χ4v) is 1.87. The molecule has 0 fully saturated rings. The summed E-state index contributed by atoms with van der Waals surface area (Å²) < 4.78 is 13.5. The molecule has 2 rings (SSSR count). The van der Waals surface area contributed by atoms with Crippen molar-refractivity contribution in [1.29, 1.82) is 0 Å². The molecule has 0 aliphatic carbocycles. The molecule has 0 aliphatic heterocycles. The molecule has 0 bridgehead atoms. The van der Waals surface area contributed by atoms with Gasteiger partial charge in [0.25, 0.3) is 0 Å². The molecule has 2 aromatic rings. The molecular weight excluding hydrogens is 211 g/mol. The molecule has 17 heavy (non-hydrogen) atoms. The molecule has 0 saturated carbocycles. The summed E-state index contributed by atoms with van der Waals surface area (Å²) in [5.41, 5.74) is 1.48. The van der Waals surface area contributed by atoms with E-state index in [9.17, 15) is 4.39 Å². The van der Waals surface area contributed by atoms with E-state index in [0.717, 1.165) is 22.8 Å². The van der Waals surface area contributed by atoms with Crippen molar-refractivity contribution >= 4 is 10.8 Å². The van der Waals surface area contributed by atoms with Crippen molar-refractivity contribution in [2.45, 2.75) is 27.2 Å². The summed E-state index contributed by atoms with van der Waals surface area (Å²) in [5.74, 6) is 2.12. The van der Waals surface area contributed by atoms with Crippen LogP contribution in [0.4, 0.5) is 4.39 Å². The topological polar surface area (TPSA) is 0 Å². The van der Waals surface area contributed by atoms with E-state index in [2.05, 4.69) is 5.92 Å². The molecule has 0 spiro atoms. The maximum absolute atomic E-state index is 13.5. The first kappa shape index (κ1) is 13.3. The van der Waals surface area contributed by atoms with E-state index >= 15 is 0 Å². The molecule has 0 saturated heterocycles. The van der Waals surface area contributed by atoms with Gasteiger partial charge in [0.2, 0.25) is 0 Å². The SMILES string of the molecule is C#Cc1c(F)ccc2cccc(CC)c12.CC. The van der Waals surface area contributed by atoms with Crippen LogP contribution in [-0.4, -0.2) is 0 Å². The Morgan fingerprint density at radius 3 is 2.47 bits per heavy atom. The normalized spacial score (nSPS) is 9.35. The van der Waals surface area contributed by atoms with Gasteiger partial charge in [-0.05, 0) is 23.4 Å². The summed E-state index contributed by atoms with van der Waals surface area (Å²) in [4.78, 5) is 0. The second-order valence-electron chi connectivity index (χ2n) is 3.44. The average Bonchev–Trinajstić information content (AvgIpc) is 2.40. The highest BCUT2D eigenvalue weighted by atomic mass is 19.1. The predicted molar refractivity (Wildman–Crippen MR) is 72.6 cm³/mol. The van der Waals surface area contributed by atoms with Crippen molar-refractivity contribution in [3.05, 3.63) is 47.3 Å². The summed E-state index contributed by atoms with van der Waals surface area (Å²) in [5, 5.41) is 1.88. The lowest BCUT2D eigenvalue weighted by Gasteiger charge is -2.07. The molecule has 0 heterocycles. The van der Waals surface area contributed by atoms with Gasteiger partial charge >= 0.3 is 0 Å². The maximum Gasteiger partial charge on any atom is 0.139 e. The quantitative estimate of drug-likeness (QED) is 0.628. The zero-order valence-corrected chi connectivity index (χ0v) is 10.5. The van der Waals surface area contributed by atoms with Gasteiger partial charge in [-0.25, -0.2) is 4.39 Å². The van der Waals surface area contributed by atoms with E-state index in [1.165, 1.54) is 6.07 Å². The number of terminal acetylenes is 1. The smallest absolute Gasteiger partial charge is 0.139 e. The van der Waals surface area contributed by atoms with Crippen molar-refractivity contribution in [1.82, 2.24) is 0 Å². The van der Waals surface area contributed by atoms with Crippen molar-refractivity contribution in [2.75, 3.05) is 0 Å². The lowest BCUT2D eigenvalue weighted by molar-refractivity contribution is 0.626. The van der Waals surface area contributed by atoms with Crippen LogP contribution in [0.2, 0.25) is 0 Å². The fraction of sp³-hybridized carbons (Fsp3) is 0.250. The van der Waals surface area contributed by atoms with Crippen LogP contribution in [0.5, 0.6) is 0 Å². The summed E-state index contributed by atoms with van der Waals surface area (Å²) in [7, 11) is 0. The van der Waals surface area contributed by atoms with E-state index in [1.54, 1.807) is 6.07 Å². The van der Waals surface area contributed by atoms with Crippen molar-refractivity contribution in [3.63, 3.8) is 0 Å². The highest BCUT2D eigenvalue weighted by Gasteiger charge is 2.07. The van der Waals surface area contributed by atoms with Gasteiger partial charge in [-0.15, -0.1) is 6.42 Å². The van der Waals surface area contributed by atoms with E-state index in [1.807, 2.05) is 39.0 Å². The van der Waals surface area contributed by atoms with Crippen molar-refractivity contribution < 1.29 is 4.39 Å². The van der Waals surface area contributed by atoms with Gasteiger partial charge in [0, 0.05) is 5.39 Å². The Balaban J connectivity index is 0.000000686. The maximum atomic E-state index is 13.5. The molecule has 0 atom stereocenters. The number of aryl methyl sites for hydroxylation is 1. The molecule has 0 aliphatic rings. The molecule has 0 N–H and O–H groups in total. The van der Waals surface area contributed by atoms with Crippen LogP contribution in [0.15, 0.2) is 30.3 Å². The van der Waals surface area contributed by atoms with Crippen LogP contribution in [0.3, 0.4) is 0 Å². The second-order valence-corrected chi connectivity index (χ2v) is 3.44. The van der Waals surface area contributed by atoms with E-state index in [4.69, 9.17) is 6.42 Å². The fourth-order valence-electron chi connectivity index (χ4n) is 1.87. The molecule has 2 aromatic carbocycles. The lowest BCUT2D eigenvalue weighted by Crippen LogP contribution is -1.91. The third-order valence-corrected chi connectivity index (χ3v) is 2.61. The summed E-state index contributed by atoms with van der Waals surface area (Å²) in [6, 6.07) is 9.11. The monoisotopic (exact) mass is 228 g/mol. The highest BCUT2D eigenvalue weighted by molar-refractivity contribution is 5.91. The first-order valence-corrected chi connectivity index (χ1v) is 5.94. The number of benzene rings is 2. The zero-order chi connectivity index (χ0) is 12.8. The summed E-state index contributed by atoms with van der Waals surface area (Å²) >= 11 is 0. The largest absolute Gasteiger partial charge is 0.206 e. The Morgan fingerprint density at radius 1 is 1.18 bits per heavy atom. The van der Waals surface area contributed by atoms with Crippen LogP contribution < -0.4 is 0 Å². The van der Waals surface area contributed by atoms with Crippen molar-refractivity contribution in [2.24, 2.45) is 0 Å². The van der Waals surface area contributed by atoms with Gasteiger partial charge < -0.3 is 0 Å². The molecule has 0 aromatic heterocycles. The molecule has 1 heteroatoms. The Hall–Kier alpha value is -1.81. The Kier molecular flexibility index (Phi) is 4.72. The van der Waals surface area contributed by atoms with E-state index < -0.39 is 0 Å². The average molecular weight is 228 g/mol. The van der Waals surface area contributed by atoms with Gasteiger partial charge in [0.05, 0.1) is 5.56 Å². The van der Waals surface area contributed by atoms with Crippen LogP contribution in [0, 0.1) is 18.2 Å². The van der Waals surface area contributed by atoms with Gasteiger partial charge in [-0.2, -0.15) is 0 Å². The molecular formula is C16H17F. The van der Waals surface area contributed by atoms with Crippen molar-refractivity contribution in [3.8, 4) is 12.3 Å². The first-order valence-electron chi connectivity index (χ1n) is 5.94. The van der Waals surface area contributed by atoms with E-state index in [-0.39, 0.29) is 5.82 Å². The molecule has 88 valence electrons. The minimum atomic E-state index is -0.314. The Morgan fingerprint density at radius 2 is 1.88 bits per heavy atom. The zero-order valence-electron chi connectivity index (χ0n) is 10.5. The number of halogens is 1. The third-order valence-electron chi connectivity index (χ3n) is 2.61. The molecule has 0 nitrogen and oxygen atoms in total. The minimum absolute atomic E-state index is 0.314. The van der Waals surface area contributed by atoms with Crippen LogP contribution in [0.1, 0.15) is 31.9 Å². The Labute approximate surface area is 102 Å². The van der Waals surface area contributed by atoms with Gasteiger partial charge in [0.1, 0.15) is 5.82 Å². The molecule has 0 amide bonds. The van der Waals surface area contributed by atoms with E-state index in [0.29, 0.717) is 5.56 Å². The summed E-state index contributed by atoms with van der Waals surface area (Å²) in [6.45, 7) is 6.04. The first-order chi connectivity index (χ1) is 8.27. The standard InChI is InChI=1S/C14H11F.C2H6/c1-3-10-6-5-7-11-8-9-13(15)12(4-2)14(10)11;1-2/h2,5-9H,3H2,1H3;1-2H3. The third kappa shape index (κ3) is 2.47. The number of hydrogen-bond acceptors (Lipinski definition) is 0. The number of fused-ring (bicyclic) bond motifs is 1. The van der Waals surface area contributed by atoms with Crippen LogP contribution >= 0.6 is 0 Å². The summed E-state index contributed by atoms with van der Waals surface area (Å²) in [6.07, 6.45) is 6.21. The Bertz CT molecular complexity index is 547. The van der Waals surface area contributed by atoms with Gasteiger partial charge in [-0.1, -0.05) is 51.0 Å². The minimum Gasteiger partial charge on any atom is -0.206 e. The van der Waals surface area contributed by atoms with Crippen LogP contribution in [-0.2, 0) is 6.42 Å². The second kappa shape index (κ2) is 6.06. The highest BCUT2D eigenvalue weighted by Crippen LogP contribution is 2.25. The predicted octanol–water partition coefficient (Wildman–Crippen LogP) is 4.55. The van der Waals surface area contributed by atoms with Gasteiger partial charge in [-0.3, -0.25) is 0 Å². The lowest BCUT2D eigenvalue weighted by atomic mass is 9.98. The number of hydrogen-bond donors (Lipinski definition) is 0. The van der Waals surface area contributed by atoms with Crippen LogP contribution in [0.25, 0.3) is 10.8 Å². The number of rotatable bonds is 1. The molecule has 0 unspecified atom stereocenters. The molecule has 0 radical (unpaired) electrons.